The zero-order chi connectivity index (χ0) is 28.3. The van der Waals surface area contributed by atoms with Crippen LogP contribution in [-0.2, 0) is 32.0 Å². The first-order valence-electron chi connectivity index (χ1n) is 9.87. The average molecular weight is 626 g/mol. The Labute approximate surface area is 261 Å². The van der Waals surface area contributed by atoms with Crippen molar-refractivity contribution >= 4 is 21.6 Å². The SMILES string of the molecule is O=C(OP(=O)(OC[C@H]1O[C@@H](n2ccc(=O)[nH]c2=O)[C@H](O)[C@@H]1O)OP(=O)([O-])[O-])[C@H](O)[C@@H](O)[C@H](O)[C@H](O)CO.[Na+].[Na+]. The quantitative estimate of drug-likeness (QED) is 0.0788. The van der Waals surface area contributed by atoms with Gasteiger partial charge < -0.3 is 59.4 Å². The smallest absolute Gasteiger partial charge is 0.789 e. The number of phosphoric acid groups is 2. The van der Waals surface area contributed by atoms with Gasteiger partial charge >= 0.3 is 78.6 Å². The molecule has 0 saturated carbocycles. The van der Waals surface area contributed by atoms with E-state index < -0.39 is 95.0 Å². The van der Waals surface area contributed by atoms with Gasteiger partial charge in [0.15, 0.2) is 12.3 Å². The molecule has 20 nitrogen and oxygen atoms in total. The number of aliphatic hydroxyl groups excluding tert-OH is 7. The van der Waals surface area contributed by atoms with E-state index in [4.69, 9.17) is 9.84 Å². The first kappa shape index (κ1) is 39.1. The summed E-state index contributed by atoms with van der Waals surface area (Å²) in [5.74, 6) is -2.20. The third kappa shape index (κ3) is 10.7. The molecule has 39 heavy (non-hydrogen) atoms. The monoisotopic (exact) mass is 626 g/mol. The van der Waals surface area contributed by atoms with E-state index >= 15 is 0 Å². The van der Waals surface area contributed by atoms with Crippen molar-refractivity contribution in [2.75, 3.05) is 13.2 Å². The number of phosphoric ester groups is 1. The summed E-state index contributed by atoms with van der Waals surface area (Å²) in [6.07, 6.45) is -16.3. The number of hydrogen-bond donors (Lipinski definition) is 8. The molecule has 1 aromatic heterocycles. The van der Waals surface area contributed by atoms with E-state index in [1.54, 1.807) is 0 Å². The van der Waals surface area contributed by atoms with Crippen molar-refractivity contribution < 1.29 is 137 Å². The second-order valence-electron chi connectivity index (χ2n) is 7.42. The van der Waals surface area contributed by atoms with Gasteiger partial charge in [0, 0.05) is 12.3 Å². The second-order valence-corrected chi connectivity index (χ2v) is 10.3. The Hall–Kier alpha value is 0.130. The number of aromatic nitrogens is 2. The molecule has 0 aromatic carbocycles. The van der Waals surface area contributed by atoms with Crippen LogP contribution in [0.3, 0.4) is 0 Å². The molecule has 2 rings (SSSR count). The van der Waals surface area contributed by atoms with Gasteiger partial charge in [0.05, 0.1) is 21.0 Å². The summed E-state index contributed by atoms with van der Waals surface area (Å²) in [6.45, 7) is -2.39. The van der Waals surface area contributed by atoms with Gasteiger partial charge in [-0.2, -0.15) is 0 Å². The summed E-state index contributed by atoms with van der Waals surface area (Å²) in [5.41, 5.74) is -1.88. The van der Waals surface area contributed by atoms with E-state index in [1.165, 1.54) is 0 Å². The number of nitrogens with one attached hydrogen (secondary N) is 1. The summed E-state index contributed by atoms with van der Waals surface area (Å²) < 4.78 is 41.6. The number of H-pyrrole nitrogens is 1. The molecule has 1 saturated heterocycles. The van der Waals surface area contributed by atoms with Crippen LogP contribution in [0.2, 0.25) is 0 Å². The normalized spacial score (nSPS) is 25.8. The van der Waals surface area contributed by atoms with Crippen LogP contribution < -0.4 is 80.2 Å². The number of rotatable bonds is 12. The van der Waals surface area contributed by atoms with E-state index in [2.05, 4.69) is 13.4 Å². The van der Waals surface area contributed by atoms with E-state index in [1.807, 2.05) is 4.98 Å². The molecule has 0 aliphatic carbocycles. The number of nitrogens with zero attached hydrogens (tertiary/aromatic N) is 1. The van der Waals surface area contributed by atoms with Crippen LogP contribution in [0.5, 0.6) is 0 Å². The molecule has 1 fully saturated rings. The van der Waals surface area contributed by atoms with Crippen molar-refractivity contribution in [3.63, 3.8) is 0 Å². The average Bonchev–Trinajstić information content (AvgIpc) is 3.08. The molecular weight excluding hydrogens is 604 g/mol. The number of hydrogen-bond acceptors (Lipinski definition) is 18. The molecule has 1 aromatic rings. The van der Waals surface area contributed by atoms with Crippen molar-refractivity contribution in [2.45, 2.75) is 49.0 Å². The maximum absolute atomic E-state index is 12.6. The number of carbonyl (C=O) groups excluding carboxylic acids is 1. The zero-order valence-corrected chi connectivity index (χ0v) is 25.9. The Bertz CT molecular complexity index is 1160. The second kappa shape index (κ2) is 16.1. The molecule has 0 amide bonds. The molecule has 8 N–H and O–H groups in total. The standard InChI is InChI=1S/C15H24N2O18P2.2Na/c18-3-5(19)8(21)10(23)12(25)14(26)34-37(31,35-36(28,29)30)32-4-6-9(22)11(24)13(33-6)17-2-1-7(20)16-15(17)27;;/h1-2,5-6,8-13,18-19,21-25H,3-4H2,(H,16,20,27)(H2,28,29,30);;/q;2*+1/p-2/t5-,6-,8-,9-,10+,11-,12-,13-,37?;;/m1../s1. The van der Waals surface area contributed by atoms with Crippen molar-refractivity contribution in [3.8, 4) is 0 Å². The van der Waals surface area contributed by atoms with Gasteiger partial charge in [0.2, 0.25) is 0 Å². The molecule has 0 radical (unpaired) electrons. The molecule has 1 unspecified atom stereocenters. The first-order valence-corrected chi connectivity index (χ1v) is 12.8. The van der Waals surface area contributed by atoms with Crippen molar-refractivity contribution in [2.24, 2.45) is 0 Å². The van der Waals surface area contributed by atoms with Crippen LogP contribution >= 0.6 is 15.6 Å². The number of carbonyl (C=O) groups is 1. The van der Waals surface area contributed by atoms with Gasteiger partial charge in [-0.05, 0) is 0 Å². The number of aromatic amines is 1. The predicted octanol–water partition coefficient (Wildman–Crippen LogP) is -12.9. The van der Waals surface area contributed by atoms with E-state index in [-0.39, 0.29) is 59.1 Å². The summed E-state index contributed by atoms with van der Waals surface area (Å²) in [4.78, 5) is 58.9. The maximum Gasteiger partial charge on any atom is 1.00 e. The molecule has 0 bridgehead atoms. The molecular formula is C15H22N2Na2O18P2. The molecule has 0 spiro atoms. The third-order valence-electron chi connectivity index (χ3n) is 4.76. The predicted molar refractivity (Wildman–Crippen MR) is 107 cm³/mol. The van der Waals surface area contributed by atoms with Crippen molar-refractivity contribution in [1.82, 2.24) is 9.55 Å². The summed E-state index contributed by atoms with van der Waals surface area (Å²) in [6, 6.07) is 0.867. The Kier molecular flexibility index (Phi) is 16.2. The van der Waals surface area contributed by atoms with Gasteiger partial charge in [-0.25, -0.2) is 18.5 Å². The van der Waals surface area contributed by atoms with Gasteiger partial charge in [0.1, 0.15) is 36.6 Å². The van der Waals surface area contributed by atoms with Crippen molar-refractivity contribution in [3.05, 3.63) is 33.1 Å². The van der Waals surface area contributed by atoms with Gasteiger partial charge in [-0.1, -0.05) is 0 Å². The fourth-order valence-corrected chi connectivity index (χ4v) is 4.92. The molecule has 2 heterocycles. The van der Waals surface area contributed by atoms with Gasteiger partial charge in [-0.3, -0.25) is 18.9 Å². The van der Waals surface area contributed by atoms with Gasteiger partial charge in [-0.15, -0.1) is 0 Å². The van der Waals surface area contributed by atoms with Crippen LogP contribution in [0.4, 0.5) is 0 Å². The van der Waals surface area contributed by atoms with E-state index in [0.717, 1.165) is 12.3 Å². The fraction of sp³-hybridized carbons (Fsp3) is 0.667. The Morgan fingerprint density at radius 2 is 1.69 bits per heavy atom. The summed E-state index contributed by atoms with van der Waals surface area (Å²) >= 11 is 0. The Morgan fingerprint density at radius 1 is 1.10 bits per heavy atom. The summed E-state index contributed by atoms with van der Waals surface area (Å²) in [7, 11) is -12.1. The fourth-order valence-electron chi connectivity index (χ4n) is 2.90. The zero-order valence-electron chi connectivity index (χ0n) is 20.2. The van der Waals surface area contributed by atoms with Crippen LogP contribution in [0.1, 0.15) is 6.23 Å². The van der Waals surface area contributed by atoms with Gasteiger partial charge in [0.25, 0.3) is 5.56 Å². The molecule has 212 valence electrons. The number of ether oxygens (including phenoxy) is 1. The van der Waals surface area contributed by atoms with Crippen LogP contribution in [0.15, 0.2) is 21.9 Å². The first-order chi connectivity index (χ1) is 17.0. The molecule has 9 atom stereocenters. The molecule has 1 aliphatic heterocycles. The van der Waals surface area contributed by atoms with Crippen LogP contribution in [0, 0.1) is 0 Å². The number of aliphatic hydroxyl groups is 7. The Balaban J connectivity index is 0.00000722. The van der Waals surface area contributed by atoms with E-state index in [9.17, 15) is 63.9 Å². The largest absolute Gasteiger partial charge is 1.00 e. The summed E-state index contributed by atoms with van der Waals surface area (Å²) in [5, 5.41) is 67.2. The minimum atomic E-state index is -6.26. The minimum absolute atomic E-state index is 0. The van der Waals surface area contributed by atoms with E-state index in [0.29, 0.717) is 4.57 Å². The maximum atomic E-state index is 12.6. The topological polar surface area (TPSA) is 331 Å². The third-order valence-corrected chi connectivity index (χ3v) is 7.23. The Morgan fingerprint density at radius 3 is 2.21 bits per heavy atom. The molecule has 24 heteroatoms. The van der Waals surface area contributed by atoms with Crippen LogP contribution in [-0.4, -0.2) is 107 Å². The van der Waals surface area contributed by atoms with Crippen molar-refractivity contribution in [1.29, 1.82) is 0 Å². The minimum Gasteiger partial charge on any atom is -0.789 e. The van der Waals surface area contributed by atoms with Crippen LogP contribution in [0.25, 0.3) is 0 Å². The molecule has 1 aliphatic rings.